The lowest BCUT2D eigenvalue weighted by Crippen LogP contribution is -2.19. The van der Waals surface area contributed by atoms with Crippen LogP contribution in [-0.4, -0.2) is 26.3 Å². The molecule has 0 atom stereocenters. The molecule has 146 valence electrons. The van der Waals surface area contributed by atoms with Gasteiger partial charge in [0.15, 0.2) is 11.5 Å². The van der Waals surface area contributed by atoms with E-state index >= 15 is 0 Å². The largest absolute Gasteiger partial charge is 0.497 e. The summed E-state index contributed by atoms with van der Waals surface area (Å²) >= 11 is 0. The Hall–Kier alpha value is -3.72. The molecule has 4 rings (SSSR count). The van der Waals surface area contributed by atoms with Gasteiger partial charge in [0.2, 0.25) is 0 Å². The number of H-pyrrole nitrogens is 1. The quantitative estimate of drug-likeness (QED) is 0.737. The van der Waals surface area contributed by atoms with Gasteiger partial charge in [0.1, 0.15) is 17.4 Å². The van der Waals surface area contributed by atoms with Gasteiger partial charge in [-0.25, -0.2) is 0 Å². The maximum atomic E-state index is 12.8. The third-order valence-corrected chi connectivity index (χ3v) is 5.33. The van der Waals surface area contributed by atoms with Crippen LogP contribution in [0.3, 0.4) is 0 Å². The first kappa shape index (κ1) is 18.6. The van der Waals surface area contributed by atoms with Crippen LogP contribution in [0.1, 0.15) is 16.7 Å². The van der Waals surface area contributed by atoms with Crippen molar-refractivity contribution in [3.63, 3.8) is 0 Å². The molecular weight excluding hydrogens is 368 g/mol. The predicted octanol–water partition coefficient (Wildman–Crippen LogP) is 3.70. The number of pyridine rings is 1. The predicted molar refractivity (Wildman–Crippen MR) is 110 cm³/mol. The van der Waals surface area contributed by atoms with E-state index in [1.807, 2.05) is 24.3 Å². The number of aryl methyl sites for hydroxylation is 1. The van der Waals surface area contributed by atoms with E-state index in [0.717, 1.165) is 40.1 Å². The second kappa shape index (κ2) is 7.36. The van der Waals surface area contributed by atoms with E-state index in [0.29, 0.717) is 23.5 Å². The first-order valence-corrected chi connectivity index (χ1v) is 9.20. The summed E-state index contributed by atoms with van der Waals surface area (Å²) in [4.78, 5) is 15.7. The van der Waals surface area contributed by atoms with Gasteiger partial charge in [0.25, 0.3) is 5.56 Å². The number of aromatic amines is 1. The van der Waals surface area contributed by atoms with Crippen molar-refractivity contribution in [2.75, 3.05) is 21.3 Å². The Bertz CT molecular complexity index is 1200. The lowest BCUT2D eigenvalue weighted by Gasteiger charge is -2.23. The molecule has 0 fully saturated rings. The summed E-state index contributed by atoms with van der Waals surface area (Å²) in [6.07, 6.45) is 1.49. The lowest BCUT2D eigenvalue weighted by molar-refractivity contribution is 0.355. The number of hydrogen-bond donors (Lipinski definition) is 1. The Balaban J connectivity index is 2.00. The Morgan fingerprint density at radius 3 is 2.45 bits per heavy atom. The number of fused-ring (bicyclic) bond motifs is 3. The summed E-state index contributed by atoms with van der Waals surface area (Å²) in [5.41, 5.74) is 4.86. The number of hydrogen-bond acceptors (Lipinski definition) is 5. The van der Waals surface area contributed by atoms with Crippen molar-refractivity contribution in [1.82, 2.24) is 4.98 Å². The van der Waals surface area contributed by atoms with E-state index in [9.17, 15) is 10.1 Å². The SMILES string of the molecule is COc1ccc2c(c1)CCc1c-2[nH]c(=O)c(C#N)c1-c1ccc(OC)c(OC)c1. The van der Waals surface area contributed by atoms with E-state index in [4.69, 9.17) is 14.2 Å². The van der Waals surface area contributed by atoms with Gasteiger partial charge in [0, 0.05) is 11.1 Å². The Labute approximate surface area is 168 Å². The second-order valence-electron chi connectivity index (χ2n) is 6.76. The summed E-state index contributed by atoms with van der Waals surface area (Å²) < 4.78 is 16.1. The molecule has 0 aliphatic heterocycles. The second-order valence-corrected chi connectivity index (χ2v) is 6.76. The number of nitriles is 1. The number of aromatic nitrogens is 1. The van der Waals surface area contributed by atoms with Crippen molar-refractivity contribution in [3.05, 3.63) is 63.4 Å². The van der Waals surface area contributed by atoms with Crippen LogP contribution in [0.5, 0.6) is 17.2 Å². The minimum atomic E-state index is -0.403. The maximum Gasteiger partial charge on any atom is 0.266 e. The molecule has 6 heteroatoms. The van der Waals surface area contributed by atoms with E-state index in [2.05, 4.69) is 11.1 Å². The maximum absolute atomic E-state index is 12.8. The minimum Gasteiger partial charge on any atom is -0.497 e. The summed E-state index contributed by atoms with van der Waals surface area (Å²) in [7, 11) is 4.76. The molecule has 1 aliphatic rings. The lowest BCUT2D eigenvalue weighted by atomic mass is 9.83. The summed E-state index contributed by atoms with van der Waals surface area (Å²) in [6.45, 7) is 0. The molecule has 0 spiro atoms. The van der Waals surface area contributed by atoms with E-state index < -0.39 is 5.56 Å². The van der Waals surface area contributed by atoms with Gasteiger partial charge in [-0.05, 0) is 59.9 Å². The van der Waals surface area contributed by atoms with Crippen LogP contribution in [0.25, 0.3) is 22.4 Å². The monoisotopic (exact) mass is 388 g/mol. The average Bonchev–Trinajstić information content (AvgIpc) is 2.77. The smallest absolute Gasteiger partial charge is 0.266 e. The molecule has 1 aromatic heterocycles. The Kier molecular flexibility index (Phi) is 4.73. The Morgan fingerprint density at radius 2 is 1.76 bits per heavy atom. The number of rotatable bonds is 4. The molecule has 0 saturated carbocycles. The highest BCUT2D eigenvalue weighted by molar-refractivity contribution is 5.83. The highest BCUT2D eigenvalue weighted by atomic mass is 16.5. The number of nitrogens with zero attached hydrogens (tertiary/aromatic N) is 1. The topological polar surface area (TPSA) is 84.3 Å². The molecule has 3 aromatic rings. The first-order valence-electron chi connectivity index (χ1n) is 9.20. The van der Waals surface area contributed by atoms with Crippen molar-refractivity contribution in [2.24, 2.45) is 0 Å². The van der Waals surface area contributed by atoms with E-state index in [1.165, 1.54) is 0 Å². The van der Waals surface area contributed by atoms with Gasteiger partial charge >= 0.3 is 0 Å². The van der Waals surface area contributed by atoms with Crippen LogP contribution in [-0.2, 0) is 12.8 Å². The van der Waals surface area contributed by atoms with Gasteiger partial charge < -0.3 is 19.2 Å². The summed E-state index contributed by atoms with van der Waals surface area (Å²) in [6, 6.07) is 13.3. The van der Waals surface area contributed by atoms with Gasteiger partial charge in [-0.15, -0.1) is 0 Å². The number of ether oxygens (including phenoxy) is 3. The highest BCUT2D eigenvalue weighted by Gasteiger charge is 2.25. The fraction of sp³-hybridized carbons (Fsp3) is 0.217. The standard InChI is InChI=1S/C23H20N2O4/c1-27-15-6-8-16-13(10-15)4-7-17-21(18(12-24)23(26)25-22(16)17)14-5-9-19(28-2)20(11-14)29-3/h5-6,8-11H,4,7H2,1-3H3,(H,25,26). The number of nitrogens with one attached hydrogen (secondary N) is 1. The fourth-order valence-electron chi connectivity index (χ4n) is 3.95. The molecule has 29 heavy (non-hydrogen) atoms. The van der Waals surface area contributed by atoms with Gasteiger partial charge in [-0.1, -0.05) is 6.07 Å². The first-order chi connectivity index (χ1) is 14.1. The van der Waals surface area contributed by atoms with Crippen LogP contribution in [0.2, 0.25) is 0 Å². The van der Waals surface area contributed by atoms with Gasteiger partial charge in [-0.2, -0.15) is 5.26 Å². The molecule has 0 unspecified atom stereocenters. The molecule has 0 bridgehead atoms. The van der Waals surface area contributed by atoms with Crippen LogP contribution in [0.15, 0.2) is 41.2 Å². The molecule has 2 aromatic carbocycles. The summed E-state index contributed by atoms with van der Waals surface area (Å²) in [5.74, 6) is 1.91. The van der Waals surface area contributed by atoms with Crippen molar-refractivity contribution < 1.29 is 14.2 Å². The minimum absolute atomic E-state index is 0.105. The molecule has 0 saturated heterocycles. The molecular formula is C23H20N2O4. The molecule has 0 radical (unpaired) electrons. The molecule has 1 heterocycles. The average molecular weight is 388 g/mol. The normalized spacial score (nSPS) is 11.8. The third kappa shape index (κ3) is 3.01. The van der Waals surface area contributed by atoms with Gasteiger partial charge in [0.05, 0.1) is 27.0 Å². The van der Waals surface area contributed by atoms with Crippen molar-refractivity contribution in [3.8, 4) is 45.7 Å². The van der Waals surface area contributed by atoms with Crippen molar-refractivity contribution >= 4 is 0 Å². The van der Waals surface area contributed by atoms with Crippen molar-refractivity contribution in [2.45, 2.75) is 12.8 Å². The summed E-state index contributed by atoms with van der Waals surface area (Å²) in [5, 5.41) is 9.71. The zero-order chi connectivity index (χ0) is 20.5. The molecule has 6 nitrogen and oxygen atoms in total. The zero-order valence-corrected chi connectivity index (χ0v) is 16.5. The van der Waals surface area contributed by atoms with Crippen LogP contribution in [0, 0.1) is 11.3 Å². The Morgan fingerprint density at radius 1 is 0.966 bits per heavy atom. The van der Waals surface area contributed by atoms with Crippen LogP contribution < -0.4 is 19.8 Å². The van der Waals surface area contributed by atoms with E-state index in [-0.39, 0.29) is 5.56 Å². The number of benzene rings is 2. The zero-order valence-electron chi connectivity index (χ0n) is 16.5. The highest BCUT2D eigenvalue weighted by Crippen LogP contribution is 2.41. The van der Waals surface area contributed by atoms with Crippen LogP contribution in [0.4, 0.5) is 0 Å². The third-order valence-electron chi connectivity index (χ3n) is 5.33. The molecule has 1 aliphatic carbocycles. The molecule has 0 amide bonds. The molecule has 1 N–H and O–H groups in total. The van der Waals surface area contributed by atoms with Crippen LogP contribution >= 0.6 is 0 Å². The van der Waals surface area contributed by atoms with E-state index in [1.54, 1.807) is 33.5 Å². The number of methoxy groups -OCH3 is 3. The fourth-order valence-corrected chi connectivity index (χ4v) is 3.95. The van der Waals surface area contributed by atoms with Gasteiger partial charge in [-0.3, -0.25) is 4.79 Å². The van der Waals surface area contributed by atoms with Crippen molar-refractivity contribution in [1.29, 1.82) is 5.26 Å².